The van der Waals surface area contributed by atoms with Crippen LogP contribution in [-0.2, 0) is 0 Å². The Bertz CT molecular complexity index is 643. The van der Waals surface area contributed by atoms with Crippen molar-refractivity contribution in [3.05, 3.63) is 36.4 Å². The zero-order chi connectivity index (χ0) is 14.2. The zero-order valence-electron chi connectivity index (χ0n) is 12.1. The van der Waals surface area contributed by atoms with Gasteiger partial charge >= 0.3 is 0 Å². The molecule has 2 aliphatic heterocycles. The van der Waals surface area contributed by atoms with Crippen molar-refractivity contribution in [2.45, 2.75) is 50.3 Å². The number of ether oxygens (including phenoxy) is 1. The van der Waals surface area contributed by atoms with Crippen LogP contribution in [0.2, 0.25) is 0 Å². The monoisotopic (exact) mass is 283 g/mol. The first-order chi connectivity index (χ1) is 10.3. The number of phenols is 1. The SMILES string of the molecule is Oc1ccc2cccc(OC3C[C@H]4CCC[C@@H](C3)N4)c2c1. The molecule has 0 aromatic heterocycles. The Morgan fingerprint density at radius 1 is 1.05 bits per heavy atom. The highest BCUT2D eigenvalue weighted by atomic mass is 16.5. The summed E-state index contributed by atoms with van der Waals surface area (Å²) in [5.41, 5.74) is 0. The topological polar surface area (TPSA) is 41.5 Å². The molecule has 2 saturated heterocycles. The number of nitrogens with one attached hydrogen (secondary N) is 1. The van der Waals surface area contributed by atoms with E-state index in [1.54, 1.807) is 12.1 Å². The smallest absolute Gasteiger partial charge is 0.127 e. The van der Waals surface area contributed by atoms with E-state index < -0.39 is 0 Å². The van der Waals surface area contributed by atoms with Crippen molar-refractivity contribution in [1.29, 1.82) is 0 Å². The molecule has 0 radical (unpaired) electrons. The van der Waals surface area contributed by atoms with Gasteiger partial charge in [0.05, 0.1) is 0 Å². The average Bonchev–Trinajstić information content (AvgIpc) is 2.47. The second-order valence-electron chi connectivity index (χ2n) is 6.36. The minimum absolute atomic E-state index is 0.287. The molecule has 2 aliphatic rings. The Morgan fingerprint density at radius 3 is 2.67 bits per heavy atom. The number of aromatic hydroxyl groups is 1. The number of hydrogen-bond donors (Lipinski definition) is 2. The zero-order valence-corrected chi connectivity index (χ0v) is 12.1. The summed E-state index contributed by atoms with van der Waals surface area (Å²) in [7, 11) is 0. The minimum atomic E-state index is 0.287. The summed E-state index contributed by atoms with van der Waals surface area (Å²) >= 11 is 0. The molecule has 2 aromatic carbocycles. The van der Waals surface area contributed by atoms with Gasteiger partial charge in [0.15, 0.2) is 0 Å². The van der Waals surface area contributed by atoms with Gasteiger partial charge in [-0.15, -0.1) is 0 Å². The highest BCUT2D eigenvalue weighted by Gasteiger charge is 2.32. The first-order valence-electron chi connectivity index (χ1n) is 7.92. The molecule has 0 amide bonds. The van der Waals surface area contributed by atoms with Crippen LogP contribution in [0.5, 0.6) is 11.5 Å². The third kappa shape index (κ3) is 2.58. The van der Waals surface area contributed by atoms with Crippen LogP contribution in [0.15, 0.2) is 36.4 Å². The maximum Gasteiger partial charge on any atom is 0.127 e. The highest BCUT2D eigenvalue weighted by Crippen LogP contribution is 2.33. The molecule has 2 aromatic rings. The van der Waals surface area contributed by atoms with E-state index in [2.05, 4.69) is 11.4 Å². The van der Waals surface area contributed by atoms with Crippen molar-refractivity contribution in [2.75, 3.05) is 0 Å². The largest absolute Gasteiger partial charge is 0.508 e. The quantitative estimate of drug-likeness (QED) is 0.885. The van der Waals surface area contributed by atoms with Gasteiger partial charge in [0.2, 0.25) is 0 Å². The molecule has 21 heavy (non-hydrogen) atoms. The fourth-order valence-corrected chi connectivity index (χ4v) is 3.82. The second kappa shape index (κ2) is 5.23. The van der Waals surface area contributed by atoms with Gasteiger partial charge in [-0.2, -0.15) is 0 Å². The van der Waals surface area contributed by atoms with Gasteiger partial charge in [0.25, 0.3) is 0 Å². The Labute approximate surface area is 124 Å². The molecule has 0 saturated carbocycles. The fraction of sp³-hybridized carbons (Fsp3) is 0.444. The van der Waals surface area contributed by atoms with Crippen molar-refractivity contribution >= 4 is 10.8 Å². The van der Waals surface area contributed by atoms with Crippen molar-refractivity contribution in [1.82, 2.24) is 5.32 Å². The van der Waals surface area contributed by atoms with Crippen LogP contribution < -0.4 is 10.1 Å². The van der Waals surface area contributed by atoms with Crippen molar-refractivity contribution in [3.63, 3.8) is 0 Å². The molecule has 2 fully saturated rings. The summed E-state index contributed by atoms with van der Waals surface area (Å²) in [5.74, 6) is 1.19. The van der Waals surface area contributed by atoms with Crippen LogP contribution in [0.3, 0.4) is 0 Å². The van der Waals surface area contributed by atoms with Gasteiger partial charge in [0.1, 0.15) is 17.6 Å². The molecule has 2 N–H and O–H groups in total. The highest BCUT2D eigenvalue weighted by molar-refractivity contribution is 5.89. The predicted octanol–water partition coefficient (Wildman–Crippen LogP) is 3.60. The van der Waals surface area contributed by atoms with Gasteiger partial charge in [-0.1, -0.05) is 24.6 Å². The molecule has 2 bridgehead atoms. The number of hydrogen-bond acceptors (Lipinski definition) is 3. The van der Waals surface area contributed by atoms with Crippen molar-refractivity contribution in [3.8, 4) is 11.5 Å². The lowest BCUT2D eigenvalue weighted by molar-refractivity contribution is 0.0939. The Morgan fingerprint density at radius 2 is 1.86 bits per heavy atom. The van der Waals surface area contributed by atoms with Gasteiger partial charge in [0, 0.05) is 17.5 Å². The number of benzene rings is 2. The molecule has 1 unspecified atom stereocenters. The number of rotatable bonds is 2. The van der Waals surface area contributed by atoms with E-state index in [1.165, 1.54) is 19.3 Å². The second-order valence-corrected chi connectivity index (χ2v) is 6.36. The van der Waals surface area contributed by atoms with Crippen molar-refractivity contribution in [2.24, 2.45) is 0 Å². The summed E-state index contributed by atoms with van der Waals surface area (Å²) in [6, 6.07) is 12.8. The van der Waals surface area contributed by atoms with E-state index in [4.69, 9.17) is 4.74 Å². The number of phenolic OH excluding ortho intramolecular Hbond substituents is 1. The van der Waals surface area contributed by atoms with E-state index in [0.717, 1.165) is 29.4 Å². The minimum Gasteiger partial charge on any atom is -0.508 e. The lowest BCUT2D eigenvalue weighted by Gasteiger charge is -2.40. The lowest BCUT2D eigenvalue weighted by atomic mass is 9.85. The summed E-state index contributed by atoms with van der Waals surface area (Å²) in [6.07, 6.45) is 6.35. The van der Waals surface area contributed by atoms with Crippen LogP contribution in [0.1, 0.15) is 32.1 Å². The number of piperidine rings is 2. The molecule has 4 rings (SSSR count). The molecule has 3 nitrogen and oxygen atoms in total. The van der Waals surface area contributed by atoms with Crippen LogP contribution in [-0.4, -0.2) is 23.3 Å². The molecule has 0 spiro atoms. The maximum atomic E-state index is 9.73. The van der Waals surface area contributed by atoms with E-state index in [0.29, 0.717) is 17.8 Å². The summed E-state index contributed by atoms with van der Waals surface area (Å²) in [5, 5.41) is 15.5. The molecular formula is C18H21NO2. The van der Waals surface area contributed by atoms with Crippen molar-refractivity contribution < 1.29 is 9.84 Å². The standard InChI is InChI=1S/C18H21NO2/c20-15-8-7-12-3-1-6-18(17(12)11-15)21-16-9-13-4-2-5-14(10-16)19-13/h1,3,6-8,11,13-14,16,19-20H,2,4-5,9-10H2/t13-,14+,16?. The fourth-order valence-electron chi connectivity index (χ4n) is 3.82. The summed E-state index contributed by atoms with van der Waals surface area (Å²) in [4.78, 5) is 0. The average molecular weight is 283 g/mol. The Kier molecular flexibility index (Phi) is 3.23. The van der Waals surface area contributed by atoms with Crippen LogP contribution >= 0.6 is 0 Å². The van der Waals surface area contributed by atoms with E-state index in [9.17, 15) is 5.11 Å². The van der Waals surface area contributed by atoms with Crippen LogP contribution in [0.4, 0.5) is 0 Å². The molecule has 2 heterocycles. The summed E-state index contributed by atoms with van der Waals surface area (Å²) < 4.78 is 6.31. The van der Waals surface area contributed by atoms with E-state index in [1.807, 2.05) is 18.2 Å². The normalized spacial score (nSPS) is 28.5. The first kappa shape index (κ1) is 13.0. The van der Waals surface area contributed by atoms with Gasteiger partial charge < -0.3 is 15.2 Å². The van der Waals surface area contributed by atoms with E-state index >= 15 is 0 Å². The van der Waals surface area contributed by atoms with Crippen LogP contribution in [0.25, 0.3) is 10.8 Å². The van der Waals surface area contributed by atoms with Gasteiger partial charge in [-0.3, -0.25) is 0 Å². The molecule has 110 valence electrons. The van der Waals surface area contributed by atoms with Gasteiger partial charge in [-0.25, -0.2) is 0 Å². The Balaban J connectivity index is 1.61. The predicted molar refractivity (Wildman–Crippen MR) is 83.8 cm³/mol. The third-order valence-electron chi connectivity index (χ3n) is 4.79. The third-order valence-corrected chi connectivity index (χ3v) is 4.79. The molecule has 3 atom stereocenters. The molecule has 0 aliphatic carbocycles. The summed E-state index contributed by atoms with van der Waals surface area (Å²) in [6.45, 7) is 0. The maximum absolute atomic E-state index is 9.73. The van der Waals surface area contributed by atoms with E-state index in [-0.39, 0.29) is 6.10 Å². The van der Waals surface area contributed by atoms with Gasteiger partial charge in [-0.05, 0) is 49.3 Å². The number of fused-ring (bicyclic) bond motifs is 3. The molecule has 3 heteroatoms. The first-order valence-corrected chi connectivity index (χ1v) is 7.92. The lowest BCUT2D eigenvalue weighted by Crippen LogP contribution is -2.51. The Hall–Kier alpha value is -1.74. The van der Waals surface area contributed by atoms with Crippen LogP contribution in [0, 0.1) is 0 Å². The molecular weight excluding hydrogens is 262 g/mol.